The minimum Gasteiger partial charge on any atom is -0.356 e. The van der Waals surface area contributed by atoms with Crippen molar-refractivity contribution in [2.75, 3.05) is 13.1 Å². The van der Waals surface area contributed by atoms with Crippen LogP contribution >= 0.6 is 11.6 Å². The fourth-order valence-electron chi connectivity index (χ4n) is 2.31. The number of hydrogen-bond donors (Lipinski definition) is 2. The molecule has 1 aromatic carbocycles. The monoisotopic (exact) mass is 374 g/mol. The summed E-state index contributed by atoms with van der Waals surface area (Å²) in [6.07, 6.45) is 4.56. The van der Waals surface area contributed by atoms with Gasteiger partial charge in [-0.15, -0.1) is 0 Å². The number of halogens is 1. The maximum absolute atomic E-state index is 12.1. The lowest BCUT2D eigenvalue weighted by atomic mass is 9.99. The third-order valence-corrected chi connectivity index (χ3v) is 5.58. The highest BCUT2D eigenvalue weighted by Crippen LogP contribution is 2.15. The third-order valence-electron chi connectivity index (χ3n) is 3.88. The molecule has 0 spiro atoms. The predicted molar refractivity (Wildman–Crippen MR) is 97.6 cm³/mol. The highest BCUT2D eigenvalue weighted by Gasteiger charge is 2.15. The van der Waals surface area contributed by atoms with Crippen molar-refractivity contribution in [3.8, 4) is 0 Å². The number of amides is 1. The molecule has 0 heterocycles. The average Bonchev–Trinajstić information content (AvgIpc) is 2.55. The largest absolute Gasteiger partial charge is 0.356 e. The Hall–Kier alpha value is -1.11. The molecule has 136 valence electrons. The molecular weight excluding hydrogens is 348 g/mol. The molecule has 0 aromatic heterocycles. The summed E-state index contributed by atoms with van der Waals surface area (Å²) in [4.78, 5) is 11.9. The summed E-state index contributed by atoms with van der Waals surface area (Å²) in [7, 11) is -3.64. The van der Waals surface area contributed by atoms with Crippen LogP contribution in [0.25, 0.3) is 0 Å². The first-order chi connectivity index (χ1) is 11.4. The van der Waals surface area contributed by atoms with E-state index in [-0.39, 0.29) is 23.8 Å². The Balaban J connectivity index is 2.37. The van der Waals surface area contributed by atoms with Gasteiger partial charge in [-0.05, 0) is 30.5 Å². The smallest absolute Gasteiger partial charge is 0.240 e. The molecule has 2 N–H and O–H groups in total. The molecule has 1 unspecified atom stereocenters. The van der Waals surface area contributed by atoms with E-state index in [0.29, 0.717) is 17.5 Å². The molecule has 0 aliphatic rings. The summed E-state index contributed by atoms with van der Waals surface area (Å²) in [6, 6.07) is 6.03. The molecule has 0 aliphatic carbocycles. The first-order valence-corrected chi connectivity index (χ1v) is 10.3. The maximum Gasteiger partial charge on any atom is 0.240 e. The lowest BCUT2D eigenvalue weighted by molar-refractivity contribution is -0.121. The molecule has 1 atom stereocenters. The summed E-state index contributed by atoms with van der Waals surface area (Å²) in [5.41, 5.74) is 0. The highest BCUT2D eigenvalue weighted by atomic mass is 35.5. The molecule has 24 heavy (non-hydrogen) atoms. The van der Waals surface area contributed by atoms with Gasteiger partial charge >= 0.3 is 0 Å². The number of carbonyl (C=O) groups excluding carboxylic acids is 1. The highest BCUT2D eigenvalue weighted by molar-refractivity contribution is 7.89. The average molecular weight is 375 g/mol. The second-order valence-corrected chi connectivity index (χ2v) is 8.03. The molecule has 0 saturated carbocycles. The van der Waals surface area contributed by atoms with E-state index in [9.17, 15) is 13.2 Å². The van der Waals surface area contributed by atoms with Crippen molar-refractivity contribution < 1.29 is 13.2 Å². The van der Waals surface area contributed by atoms with E-state index in [1.165, 1.54) is 12.1 Å². The van der Waals surface area contributed by atoms with E-state index in [1.807, 2.05) is 0 Å². The van der Waals surface area contributed by atoms with Crippen LogP contribution in [-0.2, 0) is 14.8 Å². The minimum atomic E-state index is -3.64. The number of sulfonamides is 1. The van der Waals surface area contributed by atoms with E-state index < -0.39 is 10.0 Å². The number of unbranched alkanes of at least 4 members (excludes halogenated alkanes) is 1. The fourth-order valence-corrected chi connectivity index (χ4v) is 3.64. The molecular formula is C17H27ClN2O3S. The number of benzene rings is 1. The van der Waals surface area contributed by atoms with Gasteiger partial charge in [0.1, 0.15) is 0 Å². The lowest BCUT2D eigenvalue weighted by Crippen LogP contribution is -2.33. The maximum atomic E-state index is 12.1. The van der Waals surface area contributed by atoms with Crippen LogP contribution in [0, 0.1) is 5.92 Å². The second-order valence-electron chi connectivity index (χ2n) is 5.83. The fraction of sp³-hybridized carbons (Fsp3) is 0.588. The van der Waals surface area contributed by atoms with E-state index in [0.717, 1.165) is 25.7 Å². The Morgan fingerprint density at radius 2 is 2.04 bits per heavy atom. The summed E-state index contributed by atoms with van der Waals surface area (Å²) in [6.45, 7) is 4.98. The predicted octanol–water partition coefficient (Wildman–Crippen LogP) is 3.34. The molecule has 0 bridgehead atoms. The van der Waals surface area contributed by atoms with Crippen LogP contribution in [-0.4, -0.2) is 27.4 Å². The van der Waals surface area contributed by atoms with Crippen molar-refractivity contribution in [1.29, 1.82) is 0 Å². The van der Waals surface area contributed by atoms with Gasteiger partial charge in [0.25, 0.3) is 0 Å². The molecule has 5 nitrogen and oxygen atoms in total. The number of carbonyl (C=O) groups is 1. The standard InChI is InChI=1S/C17H27ClN2O3S/c1-3-5-7-14(4-2)13-19-17(21)10-11-20-24(22,23)16-9-6-8-15(18)12-16/h6,8-9,12,14,20H,3-5,7,10-11,13H2,1-2H3,(H,19,21). The van der Waals surface area contributed by atoms with Crippen LogP contribution in [0.15, 0.2) is 29.2 Å². The molecule has 0 saturated heterocycles. The third kappa shape index (κ3) is 7.64. The van der Waals surface area contributed by atoms with Crippen LogP contribution in [0.4, 0.5) is 0 Å². The quantitative estimate of drug-likeness (QED) is 0.623. The van der Waals surface area contributed by atoms with Crippen LogP contribution < -0.4 is 10.0 Å². The van der Waals surface area contributed by atoms with Crippen molar-refractivity contribution >= 4 is 27.5 Å². The van der Waals surface area contributed by atoms with Crippen molar-refractivity contribution in [3.05, 3.63) is 29.3 Å². The van der Waals surface area contributed by atoms with E-state index in [4.69, 9.17) is 11.6 Å². The Kier molecular flexibility index (Phi) is 9.33. The van der Waals surface area contributed by atoms with E-state index in [1.54, 1.807) is 12.1 Å². The Morgan fingerprint density at radius 3 is 2.67 bits per heavy atom. The van der Waals surface area contributed by atoms with Gasteiger partial charge in [-0.3, -0.25) is 4.79 Å². The van der Waals surface area contributed by atoms with Crippen molar-refractivity contribution in [2.24, 2.45) is 5.92 Å². The molecule has 0 fully saturated rings. The first kappa shape index (κ1) is 20.9. The van der Waals surface area contributed by atoms with Gasteiger partial charge in [0, 0.05) is 24.5 Å². The van der Waals surface area contributed by atoms with Gasteiger partial charge in [-0.2, -0.15) is 0 Å². The van der Waals surface area contributed by atoms with Gasteiger partial charge in [0.15, 0.2) is 0 Å². The van der Waals surface area contributed by atoms with E-state index >= 15 is 0 Å². The molecule has 1 aromatic rings. The summed E-state index contributed by atoms with van der Waals surface area (Å²) in [5, 5.41) is 3.24. The molecule has 0 aliphatic heterocycles. The van der Waals surface area contributed by atoms with Gasteiger partial charge in [0.05, 0.1) is 4.90 Å². The molecule has 1 amide bonds. The van der Waals surface area contributed by atoms with Gasteiger partial charge in [0.2, 0.25) is 15.9 Å². The second kappa shape index (κ2) is 10.7. The van der Waals surface area contributed by atoms with Crippen molar-refractivity contribution in [2.45, 2.75) is 50.8 Å². The lowest BCUT2D eigenvalue weighted by Gasteiger charge is -2.15. The SMILES string of the molecule is CCCCC(CC)CNC(=O)CCNS(=O)(=O)c1cccc(Cl)c1. The van der Waals surface area contributed by atoms with Crippen LogP contribution in [0.5, 0.6) is 0 Å². The van der Waals surface area contributed by atoms with Crippen LogP contribution in [0.1, 0.15) is 46.0 Å². The van der Waals surface area contributed by atoms with Gasteiger partial charge < -0.3 is 5.32 Å². The van der Waals surface area contributed by atoms with Crippen molar-refractivity contribution in [1.82, 2.24) is 10.0 Å². The first-order valence-electron chi connectivity index (χ1n) is 8.41. The zero-order valence-electron chi connectivity index (χ0n) is 14.3. The molecule has 1 rings (SSSR count). The Labute approximate surface area is 150 Å². The summed E-state index contributed by atoms with van der Waals surface area (Å²) < 4.78 is 26.6. The van der Waals surface area contributed by atoms with E-state index in [2.05, 4.69) is 23.9 Å². The van der Waals surface area contributed by atoms with Gasteiger partial charge in [-0.25, -0.2) is 13.1 Å². The zero-order valence-corrected chi connectivity index (χ0v) is 15.9. The zero-order chi connectivity index (χ0) is 18.0. The number of hydrogen-bond acceptors (Lipinski definition) is 3. The molecule has 0 radical (unpaired) electrons. The van der Waals surface area contributed by atoms with Crippen LogP contribution in [0.2, 0.25) is 5.02 Å². The number of rotatable bonds is 11. The summed E-state index contributed by atoms with van der Waals surface area (Å²) >= 11 is 5.80. The Morgan fingerprint density at radius 1 is 1.29 bits per heavy atom. The van der Waals surface area contributed by atoms with Crippen LogP contribution in [0.3, 0.4) is 0 Å². The number of nitrogens with one attached hydrogen (secondary N) is 2. The van der Waals surface area contributed by atoms with Gasteiger partial charge in [-0.1, -0.05) is 50.8 Å². The topological polar surface area (TPSA) is 75.3 Å². The minimum absolute atomic E-state index is 0.0619. The molecule has 7 heteroatoms. The summed E-state index contributed by atoms with van der Waals surface area (Å²) in [5.74, 6) is 0.343. The Bertz CT molecular complexity index is 620. The normalized spacial score (nSPS) is 12.8. The van der Waals surface area contributed by atoms with Crippen molar-refractivity contribution in [3.63, 3.8) is 0 Å².